The second-order valence-corrected chi connectivity index (χ2v) is 9.83. The fourth-order valence-electron chi connectivity index (χ4n) is 4.37. The quantitative estimate of drug-likeness (QED) is 0.411. The van der Waals surface area contributed by atoms with Crippen molar-refractivity contribution in [2.24, 2.45) is 0 Å². The van der Waals surface area contributed by atoms with E-state index in [0.29, 0.717) is 17.0 Å². The molecule has 1 aromatic heterocycles. The minimum atomic E-state index is -0.810. The lowest BCUT2D eigenvalue weighted by atomic mass is 10.1. The van der Waals surface area contributed by atoms with Gasteiger partial charge >= 0.3 is 12.1 Å². The van der Waals surface area contributed by atoms with Crippen molar-refractivity contribution in [3.8, 4) is 22.8 Å². The second-order valence-electron chi connectivity index (χ2n) is 9.83. The molecule has 0 aliphatic carbocycles. The maximum absolute atomic E-state index is 12.9. The lowest BCUT2D eigenvalue weighted by Crippen LogP contribution is -2.44. The highest BCUT2D eigenvalue weighted by molar-refractivity contribution is 5.91. The number of pyridine rings is 1. The van der Waals surface area contributed by atoms with E-state index in [9.17, 15) is 9.59 Å². The van der Waals surface area contributed by atoms with Gasteiger partial charge in [0.15, 0.2) is 0 Å². The highest BCUT2D eigenvalue weighted by Crippen LogP contribution is 2.36. The summed E-state index contributed by atoms with van der Waals surface area (Å²) in [5.74, 6) is 0.711. The molecule has 0 spiro atoms. The van der Waals surface area contributed by atoms with Gasteiger partial charge in [0.05, 0.1) is 32.0 Å². The van der Waals surface area contributed by atoms with Crippen molar-refractivity contribution >= 4 is 29.0 Å². The Bertz CT molecular complexity index is 1320. The van der Waals surface area contributed by atoms with Gasteiger partial charge < -0.3 is 18.9 Å². The van der Waals surface area contributed by atoms with Gasteiger partial charge in [0.1, 0.15) is 29.2 Å². The third-order valence-electron chi connectivity index (χ3n) is 6.07. The molecule has 4 rings (SSSR count). The van der Waals surface area contributed by atoms with Crippen molar-refractivity contribution in [3.05, 3.63) is 60.7 Å². The Kier molecular flexibility index (Phi) is 7.38. The minimum absolute atomic E-state index is 0.170. The summed E-state index contributed by atoms with van der Waals surface area (Å²) >= 11 is 0. The van der Waals surface area contributed by atoms with Crippen molar-refractivity contribution in [3.63, 3.8) is 0 Å². The topological polar surface area (TPSA) is 87.2 Å². The molecule has 2 heterocycles. The van der Waals surface area contributed by atoms with Crippen LogP contribution in [0.3, 0.4) is 0 Å². The summed E-state index contributed by atoms with van der Waals surface area (Å²) in [6.07, 6.45) is 0.915. The number of ether oxygens (including phenoxy) is 4. The highest BCUT2D eigenvalue weighted by Gasteiger charge is 2.43. The van der Waals surface area contributed by atoms with E-state index in [1.54, 1.807) is 34.0 Å². The molecule has 0 bridgehead atoms. The van der Waals surface area contributed by atoms with Crippen LogP contribution >= 0.6 is 0 Å². The predicted molar refractivity (Wildman–Crippen MR) is 142 cm³/mol. The van der Waals surface area contributed by atoms with E-state index in [1.807, 2.05) is 48.5 Å². The Morgan fingerprint density at radius 3 is 2.43 bits per heavy atom. The van der Waals surface area contributed by atoms with Gasteiger partial charge in [-0.3, -0.25) is 4.90 Å². The molecule has 0 saturated carbocycles. The molecule has 194 valence electrons. The number of esters is 1. The van der Waals surface area contributed by atoms with Gasteiger partial charge in [-0.2, -0.15) is 0 Å². The Hall–Kier alpha value is -4.07. The minimum Gasteiger partial charge on any atom is -0.496 e. The second kappa shape index (κ2) is 10.5. The van der Waals surface area contributed by atoms with Crippen LogP contribution in [0.2, 0.25) is 0 Å². The first-order valence-electron chi connectivity index (χ1n) is 12.1. The van der Waals surface area contributed by atoms with E-state index in [-0.39, 0.29) is 13.0 Å². The van der Waals surface area contributed by atoms with E-state index in [4.69, 9.17) is 23.9 Å². The number of benzene rings is 2. The first-order valence-corrected chi connectivity index (χ1v) is 12.1. The highest BCUT2D eigenvalue weighted by atomic mass is 16.6. The zero-order chi connectivity index (χ0) is 26.7. The molecule has 0 unspecified atom stereocenters. The Balaban J connectivity index is 1.74. The molecular weight excluding hydrogens is 472 g/mol. The van der Waals surface area contributed by atoms with Crippen molar-refractivity contribution < 1.29 is 28.5 Å². The van der Waals surface area contributed by atoms with E-state index >= 15 is 0 Å². The van der Waals surface area contributed by atoms with Gasteiger partial charge in [-0.1, -0.05) is 43.0 Å². The average Bonchev–Trinajstić information content (AvgIpc) is 3.31. The zero-order valence-electron chi connectivity index (χ0n) is 21.8. The standard InChI is InChI=1S/C29H32N2O6/c1-7-18-13-21-23(16-25(18)34-5)30-22(19-11-9-8-10-12-19)15-26(21)36-20-14-24(27(32)35-6)31(17-20)28(33)37-29(2,3)4/h7-13,15-16,20,24H,1,14,17H2,2-6H3/t20-,24+/m1/s1. The number of carbonyl (C=O) groups excluding carboxylic acids is 2. The molecule has 2 aromatic carbocycles. The number of rotatable bonds is 6. The van der Waals surface area contributed by atoms with Crippen LogP contribution in [-0.2, 0) is 14.3 Å². The van der Waals surface area contributed by atoms with E-state index in [1.165, 1.54) is 12.0 Å². The summed E-state index contributed by atoms with van der Waals surface area (Å²) < 4.78 is 22.5. The monoisotopic (exact) mass is 504 g/mol. The average molecular weight is 505 g/mol. The van der Waals surface area contributed by atoms with E-state index in [0.717, 1.165) is 22.2 Å². The van der Waals surface area contributed by atoms with Crippen molar-refractivity contribution in [2.45, 2.75) is 44.9 Å². The Morgan fingerprint density at radius 2 is 1.81 bits per heavy atom. The number of hydrogen-bond donors (Lipinski definition) is 0. The molecule has 1 saturated heterocycles. The fraction of sp³-hybridized carbons (Fsp3) is 0.345. The number of amides is 1. The summed E-state index contributed by atoms with van der Waals surface area (Å²) in [6, 6.07) is 14.6. The molecule has 1 aliphatic rings. The number of likely N-dealkylation sites (tertiary alicyclic amines) is 1. The number of hydrogen-bond acceptors (Lipinski definition) is 7. The van der Waals surface area contributed by atoms with Crippen molar-refractivity contribution in [2.75, 3.05) is 20.8 Å². The largest absolute Gasteiger partial charge is 0.496 e. The summed E-state index contributed by atoms with van der Waals surface area (Å²) in [4.78, 5) is 31.7. The summed E-state index contributed by atoms with van der Waals surface area (Å²) in [5, 5.41) is 0.765. The zero-order valence-corrected chi connectivity index (χ0v) is 21.8. The number of methoxy groups -OCH3 is 2. The van der Waals surface area contributed by atoms with Crippen LogP contribution in [0.5, 0.6) is 11.5 Å². The maximum Gasteiger partial charge on any atom is 0.411 e. The van der Waals surface area contributed by atoms with Crippen LogP contribution in [0.25, 0.3) is 28.2 Å². The molecular formula is C29H32N2O6. The summed E-state index contributed by atoms with van der Waals surface area (Å²) in [6.45, 7) is 9.40. The smallest absolute Gasteiger partial charge is 0.411 e. The Labute approximate surface area is 216 Å². The first kappa shape index (κ1) is 26.0. The summed E-state index contributed by atoms with van der Waals surface area (Å²) in [5.41, 5.74) is 2.43. The third-order valence-corrected chi connectivity index (χ3v) is 6.07. The maximum atomic E-state index is 12.9. The van der Waals surface area contributed by atoms with Crippen LogP contribution in [0, 0.1) is 0 Å². The molecule has 0 radical (unpaired) electrons. The van der Waals surface area contributed by atoms with Crippen molar-refractivity contribution in [1.82, 2.24) is 9.88 Å². The van der Waals surface area contributed by atoms with Crippen molar-refractivity contribution in [1.29, 1.82) is 0 Å². The van der Waals surface area contributed by atoms with Gasteiger partial charge in [-0.25, -0.2) is 14.6 Å². The fourth-order valence-corrected chi connectivity index (χ4v) is 4.37. The Morgan fingerprint density at radius 1 is 1.08 bits per heavy atom. The van der Waals surface area contributed by atoms with E-state index in [2.05, 4.69) is 6.58 Å². The molecule has 1 amide bonds. The molecule has 8 heteroatoms. The van der Waals surface area contributed by atoms with Crippen LogP contribution < -0.4 is 9.47 Å². The van der Waals surface area contributed by atoms with Crippen LogP contribution in [0.1, 0.15) is 32.8 Å². The van der Waals surface area contributed by atoms with Gasteiger partial charge in [-0.05, 0) is 26.8 Å². The van der Waals surface area contributed by atoms with Crippen LogP contribution in [-0.4, -0.2) is 60.5 Å². The lowest BCUT2D eigenvalue weighted by Gasteiger charge is -2.27. The number of nitrogens with zero attached hydrogens (tertiary/aromatic N) is 2. The van der Waals surface area contributed by atoms with Crippen LogP contribution in [0.15, 0.2) is 55.1 Å². The van der Waals surface area contributed by atoms with E-state index < -0.39 is 29.8 Å². The molecule has 1 fully saturated rings. The van der Waals surface area contributed by atoms with Crippen LogP contribution in [0.4, 0.5) is 4.79 Å². The molecule has 8 nitrogen and oxygen atoms in total. The molecule has 0 N–H and O–H groups in total. The molecule has 2 atom stereocenters. The number of aromatic nitrogens is 1. The van der Waals surface area contributed by atoms with Gasteiger partial charge in [0.2, 0.25) is 0 Å². The SMILES string of the molecule is C=Cc1cc2c(O[C@@H]3C[C@@H](C(=O)OC)N(C(=O)OC(C)(C)C)C3)cc(-c3ccccc3)nc2cc1OC. The molecule has 37 heavy (non-hydrogen) atoms. The van der Waals surface area contributed by atoms with Gasteiger partial charge in [0.25, 0.3) is 0 Å². The third kappa shape index (κ3) is 5.69. The van der Waals surface area contributed by atoms with Gasteiger partial charge in [-0.15, -0.1) is 0 Å². The molecule has 3 aromatic rings. The normalized spacial score (nSPS) is 17.4. The predicted octanol–water partition coefficient (Wildman–Crippen LogP) is 5.48. The molecule has 1 aliphatic heterocycles. The number of fused-ring (bicyclic) bond motifs is 1. The van der Waals surface area contributed by atoms with Gasteiger partial charge in [0, 0.05) is 35.1 Å². The summed E-state index contributed by atoms with van der Waals surface area (Å²) in [7, 11) is 2.90. The lowest BCUT2D eigenvalue weighted by molar-refractivity contribution is -0.145. The first-order chi connectivity index (χ1) is 17.6. The number of carbonyl (C=O) groups is 2.